The largest absolute Gasteiger partial charge is 0.416 e. The highest BCUT2D eigenvalue weighted by molar-refractivity contribution is 5.85. The standard InChI is InChI=1S/C15H15F3N2O/c1-10(21)13-4-2-3-7-20(13)14-6-5-12(15(16,17)18)8-11(14)9-19/h5-6,8,13H,2-4,7H2,1H3. The topological polar surface area (TPSA) is 44.1 Å². The minimum atomic E-state index is -4.48. The van der Waals surface area contributed by atoms with E-state index in [2.05, 4.69) is 0 Å². The molecule has 2 rings (SSSR count). The van der Waals surface area contributed by atoms with Crippen LogP contribution < -0.4 is 4.90 Å². The summed E-state index contributed by atoms with van der Waals surface area (Å²) in [6.45, 7) is 2.05. The summed E-state index contributed by atoms with van der Waals surface area (Å²) in [7, 11) is 0. The van der Waals surface area contributed by atoms with Crippen molar-refractivity contribution in [3.8, 4) is 6.07 Å². The van der Waals surface area contributed by atoms with E-state index in [0.29, 0.717) is 18.7 Å². The monoisotopic (exact) mass is 296 g/mol. The third kappa shape index (κ3) is 3.18. The highest BCUT2D eigenvalue weighted by Crippen LogP contribution is 2.34. The fourth-order valence-electron chi connectivity index (χ4n) is 2.69. The van der Waals surface area contributed by atoms with Gasteiger partial charge in [-0.25, -0.2) is 0 Å². The van der Waals surface area contributed by atoms with E-state index < -0.39 is 11.7 Å². The number of anilines is 1. The van der Waals surface area contributed by atoms with Gasteiger partial charge in [-0.2, -0.15) is 18.4 Å². The normalized spacial score (nSPS) is 19.2. The maximum Gasteiger partial charge on any atom is 0.416 e. The van der Waals surface area contributed by atoms with Crippen molar-refractivity contribution in [2.24, 2.45) is 0 Å². The Labute approximate surface area is 121 Å². The molecule has 112 valence electrons. The molecule has 0 aromatic heterocycles. The van der Waals surface area contributed by atoms with Crippen molar-refractivity contribution in [2.45, 2.75) is 38.4 Å². The molecule has 1 aromatic carbocycles. The lowest BCUT2D eigenvalue weighted by Gasteiger charge is -2.36. The molecule has 0 radical (unpaired) electrons. The van der Waals surface area contributed by atoms with E-state index >= 15 is 0 Å². The second kappa shape index (κ2) is 5.76. The molecule has 21 heavy (non-hydrogen) atoms. The van der Waals surface area contributed by atoms with Crippen LogP contribution >= 0.6 is 0 Å². The molecule has 0 spiro atoms. The number of carbonyl (C=O) groups excluding carboxylic acids is 1. The number of nitrogens with zero attached hydrogens (tertiary/aromatic N) is 2. The summed E-state index contributed by atoms with van der Waals surface area (Å²) in [6.07, 6.45) is -2.05. The molecular weight excluding hydrogens is 281 g/mol. The number of alkyl halides is 3. The predicted octanol–water partition coefficient (Wildman–Crippen LogP) is 3.52. The number of halogens is 3. The quantitative estimate of drug-likeness (QED) is 0.838. The summed E-state index contributed by atoms with van der Waals surface area (Å²) in [5.74, 6) is -0.0292. The summed E-state index contributed by atoms with van der Waals surface area (Å²) in [6, 6.07) is 4.56. The fraction of sp³-hybridized carbons (Fsp3) is 0.467. The lowest BCUT2D eigenvalue weighted by molar-refractivity contribution is -0.137. The highest BCUT2D eigenvalue weighted by atomic mass is 19.4. The smallest absolute Gasteiger partial charge is 0.360 e. The number of rotatable bonds is 2. The maximum atomic E-state index is 12.7. The zero-order valence-electron chi connectivity index (χ0n) is 11.6. The van der Waals surface area contributed by atoms with Crippen molar-refractivity contribution in [2.75, 3.05) is 11.4 Å². The SMILES string of the molecule is CC(=O)C1CCCCN1c1ccc(C(F)(F)F)cc1C#N. The Morgan fingerprint density at radius 1 is 1.38 bits per heavy atom. The second-order valence-corrected chi connectivity index (χ2v) is 5.16. The van der Waals surface area contributed by atoms with Gasteiger partial charge in [0.1, 0.15) is 6.07 Å². The molecule has 1 heterocycles. The fourth-order valence-corrected chi connectivity index (χ4v) is 2.69. The number of Topliss-reactive ketones (excluding diaryl/α,β-unsaturated/α-hetero) is 1. The maximum absolute atomic E-state index is 12.7. The molecule has 1 aliphatic heterocycles. The first-order chi connectivity index (χ1) is 9.84. The van der Waals surface area contributed by atoms with Crippen molar-refractivity contribution in [3.05, 3.63) is 29.3 Å². The molecule has 6 heteroatoms. The van der Waals surface area contributed by atoms with E-state index in [1.165, 1.54) is 13.0 Å². The van der Waals surface area contributed by atoms with Crippen LogP contribution in [0.4, 0.5) is 18.9 Å². The van der Waals surface area contributed by atoms with Crippen molar-refractivity contribution >= 4 is 11.5 Å². The molecular formula is C15H15F3N2O. The molecule has 1 atom stereocenters. The number of carbonyl (C=O) groups is 1. The zero-order chi connectivity index (χ0) is 15.6. The summed E-state index contributed by atoms with van der Waals surface area (Å²) < 4.78 is 38.1. The third-order valence-electron chi connectivity index (χ3n) is 3.73. The van der Waals surface area contributed by atoms with Crippen LogP contribution in [0.15, 0.2) is 18.2 Å². The molecule has 0 amide bonds. The Bertz CT molecular complexity index is 590. The van der Waals surface area contributed by atoms with Gasteiger partial charge >= 0.3 is 6.18 Å². The van der Waals surface area contributed by atoms with Crippen molar-refractivity contribution in [1.82, 2.24) is 0 Å². The first kappa shape index (κ1) is 15.4. The van der Waals surface area contributed by atoms with E-state index in [-0.39, 0.29) is 17.4 Å². The second-order valence-electron chi connectivity index (χ2n) is 5.16. The van der Waals surface area contributed by atoms with Crippen LogP contribution in [0.2, 0.25) is 0 Å². The van der Waals surface area contributed by atoms with Gasteiger partial charge in [-0.3, -0.25) is 4.79 Å². The number of hydrogen-bond acceptors (Lipinski definition) is 3. The summed E-state index contributed by atoms with van der Waals surface area (Å²) in [4.78, 5) is 13.5. The van der Waals surface area contributed by atoms with Gasteiger partial charge in [-0.1, -0.05) is 0 Å². The number of hydrogen-bond donors (Lipinski definition) is 0. The molecule has 0 bridgehead atoms. The lowest BCUT2D eigenvalue weighted by atomic mass is 9.96. The van der Waals surface area contributed by atoms with Crippen molar-refractivity contribution in [1.29, 1.82) is 5.26 Å². The third-order valence-corrected chi connectivity index (χ3v) is 3.73. The molecule has 0 saturated carbocycles. The van der Waals surface area contributed by atoms with Gasteiger partial charge in [0.25, 0.3) is 0 Å². The van der Waals surface area contributed by atoms with E-state index in [1.54, 1.807) is 4.90 Å². The predicted molar refractivity (Wildman–Crippen MR) is 71.8 cm³/mol. The zero-order valence-corrected chi connectivity index (χ0v) is 11.6. The molecule has 1 aromatic rings. The first-order valence-electron chi connectivity index (χ1n) is 6.73. The Hall–Kier alpha value is -2.03. The number of benzene rings is 1. The molecule has 0 N–H and O–H groups in total. The van der Waals surface area contributed by atoms with E-state index in [9.17, 15) is 18.0 Å². The van der Waals surface area contributed by atoms with Crippen LogP contribution in [0, 0.1) is 11.3 Å². The number of piperidine rings is 1. The van der Waals surface area contributed by atoms with E-state index in [1.807, 2.05) is 6.07 Å². The van der Waals surface area contributed by atoms with Gasteiger partial charge in [-0.05, 0) is 44.4 Å². The van der Waals surface area contributed by atoms with Gasteiger partial charge in [-0.15, -0.1) is 0 Å². The van der Waals surface area contributed by atoms with Gasteiger partial charge in [0.2, 0.25) is 0 Å². The molecule has 1 saturated heterocycles. The Morgan fingerprint density at radius 3 is 2.67 bits per heavy atom. The van der Waals surface area contributed by atoms with E-state index in [0.717, 1.165) is 25.0 Å². The van der Waals surface area contributed by atoms with Crippen molar-refractivity contribution in [3.63, 3.8) is 0 Å². The van der Waals surface area contributed by atoms with Gasteiger partial charge < -0.3 is 4.90 Å². The number of ketones is 1. The minimum Gasteiger partial charge on any atom is -0.360 e. The van der Waals surface area contributed by atoms with Crippen LogP contribution in [-0.4, -0.2) is 18.4 Å². The Kier molecular flexibility index (Phi) is 4.21. The molecule has 3 nitrogen and oxygen atoms in total. The van der Waals surface area contributed by atoms with Gasteiger partial charge in [0.15, 0.2) is 5.78 Å². The summed E-state index contributed by atoms with van der Waals surface area (Å²) >= 11 is 0. The van der Waals surface area contributed by atoms with Crippen LogP contribution in [0.3, 0.4) is 0 Å². The van der Waals surface area contributed by atoms with E-state index in [4.69, 9.17) is 5.26 Å². The summed E-state index contributed by atoms with van der Waals surface area (Å²) in [5.41, 5.74) is -0.484. The average molecular weight is 296 g/mol. The minimum absolute atomic E-state index is 0.0292. The molecule has 1 fully saturated rings. The summed E-state index contributed by atoms with van der Waals surface area (Å²) in [5, 5.41) is 9.14. The Balaban J connectivity index is 2.43. The highest BCUT2D eigenvalue weighted by Gasteiger charge is 2.33. The number of nitriles is 1. The van der Waals surface area contributed by atoms with Crippen molar-refractivity contribution < 1.29 is 18.0 Å². The molecule has 0 aliphatic carbocycles. The van der Waals surface area contributed by atoms with Crippen LogP contribution in [-0.2, 0) is 11.0 Å². The Morgan fingerprint density at radius 2 is 2.10 bits per heavy atom. The van der Waals surface area contributed by atoms with Crippen LogP contribution in [0.5, 0.6) is 0 Å². The van der Waals surface area contributed by atoms with Gasteiger partial charge in [0.05, 0.1) is 22.9 Å². The lowest BCUT2D eigenvalue weighted by Crippen LogP contribution is -2.44. The first-order valence-corrected chi connectivity index (χ1v) is 6.73. The molecule has 1 aliphatic rings. The molecule has 1 unspecified atom stereocenters. The van der Waals surface area contributed by atoms with Gasteiger partial charge in [0, 0.05) is 6.54 Å². The average Bonchev–Trinajstić information content (AvgIpc) is 2.45. The van der Waals surface area contributed by atoms with Crippen LogP contribution in [0.25, 0.3) is 0 Å². The van der Waals surface area contributed by atoms with Crippen LogP contribution in [0.1, 0.15) is 37.3 Å².